The Morgan fingerprint density at radius 2 is 1.79 bits per heavy atom. The molecule has 0 saturated carbocycles. The number of alkyl halides is 3. The normalized spacial score (nSPS) is 12.8. The van der Waals surface area contributed by atoms with E-state index in [2.05, 4.69) is 10.3 Å². The molecule has 1 heterocycles. The molecule has 3 aromatic rings. The lowest BCUT2D eigenvalue weighted by atomic mass is 10.2. The Labute approximate surface area is 156 Å². The summed E-state index contributed by atoms with van der Waals surface area (Å²) in [6, 6.07) is 9.95. The van der Waals surface area contributed by atoms with Crippen LogP contribution >= 0.6 is 0 Å². The van der Waals surface area contributed by atoms with Crippen LogP contribution in [0.4, 0.5) is 17.6 Å². The molecule has 1 N–H and O–H groups in total. The topological polar surface area (TPSA) is 64.0 Å². The molecular formula is C19H15F4N3O2. The Bertz CT molecular complexity index is 1080. The van der Waals surface area contributed by atoms with E-state index in [4.69, 9.17) is 0 Å². The van der Waals surface area contributed by atoms with Crippen molar-refractivity contribution < 1.29 is 22.4 Å². The molecule has 3 rings (SSSR count). The lowest BCUT2D eigenvalue weighted by Crippen LogP contribution is -2.38. The van der Waals surface area contributed by atoms with Gasteiger partial charge in [0, 0.05) is 6.54 Å². The monoisotopic (exact) mass is 393 g/mol. The second kappa shape index (κ2) is 7.41. The minimum absolute atomic E-state index is 0.0351. The summed E-state index contributed by atoms with van der Waals surface area (Å²) < 4.78 is 53.4. The number of para-hydroxylation sites is 2. The molecule has 1 atom stereocenters. The molecule has 0 bridgehead atoms. The van der Waals surface area contributed by atoms with Crippen LogP contribution in [-0.4, -0.2) is 15.5 Å². The highest BCUT2D eigenvalue weighted by Crippen LogP contribution is 2.27. The van der Waals surface area contributed by atoms with E-state index in [1.54, 1.807) is 0 Å². The van der Waals surface area contributed by atoms with Crippen LogP contribution in [0.15, 0.2) is 53.3 Å². The third-order valence-corrected chi connectivity index (χ3v) is 4.21. The Hall–Kier alpha value is -3.23. The highest BCUT2D eigenvalue weighted by Gasteiger charge is 2.38. The number of hydrogen-bond donors (Lipinski definition) is 1. The Balaban J connectivity index is 1.97. The van der Waals surface area contributed by atoms with Crippen molar-refractivity contribution in [1.82, 2.24) is 14.9 Å². The van der Waals surface area contributed by atoms with E-state index in [-0.39, 0.29) is 17.6 Å². The number of fused-ring (bicyclic) bond motifs is 1. The standard InChI is InChI=1S/C19H15F4N3O2/c1-11(17(27)24-10-12-6-8-13(20)9-7-12)26-15-5-3-2-4-14(15)25-16(18(26)28)19(21,22)23/h2-9,11H,10H2,1H3,(H,24,27). The van der Waals surface area contributed by atoms with Gasteiger partial charge in [-0.25, -0.2) is 9.37 Å². The van der Waals surface area contributed by atoms with Crippen molar-refractivity contribution in [1.29, 1.82) is 0 Å². The van der Waals surface area contributed by atoms with Gasteiger partial charge in [-0.3, -0.25) is 14.2 Å². The van der Waals surface area contributed by atoms with Crippen LogP contribution < -0.4 is 10.9 Å². The van der Waals surface area contributed by atoms with Gasteiger partial charge >= 0.3 is 6.18 Å². The van der Waals surface area contributed by atoms with Crippen molar-refractivity contribution in [3.63, 3.8) is 0 Å². The molecule has 0 fully saturated rings. The third-order valence-electron chi connectivity index (χ3n) is 4.21. The predicted octanol–water partition coefficient (Wildman–Crippen LogP) is 3.43. The first-order chi connectivity index (χ1) is 13.2. The van der Waals surface area contributed by atoms with Crippen molar-refractivity contribution >= 4 is 16.9 Å². The molecule has 1 aromatic heterocycles. The number of hydrogen-bond acceptors (Lipinski definition) is 3. The van der Waals surface area contributed by atoms with Gasteiger partial charge in [0.05, 0.1) is 11.0 Å². The van der Waals surface area contributed by atoms with Gasteiger partial charge < -0.3 is 5.32 Å². The lowest BCUT2D eigenvalue weighted by Gasteiger charge is -2.19. The van der Waals surface area contributed by atoms with Crippen molar-refractivity contribution in [2.45, 2.75) is 25.7 Å². The number of aromatic nitrogens is 2. The van der Waals surface area contributed by atoms with Crippen molar-refractivity contribution in [3.05, 3.63) is 76.0 Å². The summed E-state index contributed by atoms with van der Waals surface area (Å²) in [6.07, 6.45) is -4.95. The van der Waals surface area contributed by atoms with Crippen molar-refractivity contribution in [3.8, 4) is 0 Å². The molecule has 2 aromatic carbocycles. The molecule has 0 radical (unpaired) electrons. The van der Waals surface area contributed by atoms with Crippen LogP contribution in [0.5, 0.6) is 0 Å². The number of rotatable bonds is 4. The molecule has 0 aliphatic heterocycles. The summed E-state index contributed by atoms with van der Waals surface area (Å²) >= 11 is 0. The zero-order chi connectivity index (χ0) is 20.5. The van der Waals surface area contributed by atoms with Gasteiger partial charge in [0.2, 0.25) is 11.6 Å². The van der Waals surface area contributed by atoms with Crippen molar-refractivity contribution in [2.75, 3.05) is 0 Å². The molecule has 146 valence electrons. The van der Waals surface area contributed by atoms with E-state index >= 15 is 0 Å². The number of carbonyl (C=O) groups excluding carboxylic acids is 1. The zero-order valence-corrected chi connectivity index (χ0v) is 14.6. The molecule has 1 unspecified atom stereocenters. The number of nitrogens with one attached hydrogen (secondary N) is 1. The van der Waals surface area contributed by atoms with Gasteiger partial charge in [0.15, 0.2) is 0 Å². The summed E-state index contributed by atoms with van der Waals surface area (Å²) in [5.74, 6) is -1.09. The lowest BCUT2D eigenvalue weighted by molar-refractivity contribution is -0.142. The Morgan fingerprint density at radius 1 is 1.14 bits per heavy atom. The van der Waals surface area contributed by atoms with E-state index in [0.717, 1.165) is 4.57 Å². The largest absolute Gasteiger partial charge is 0.438 e. The highest BCUT2D eigenvalue weighted by atomic mass is 19.4. The minimum atomic E-state index is -4.95. The third kappa shape index (κ3) is 3.88. The van der Waals surface area contributed by atoms with Gasteiger partial charge in [-0.05, 0) is 36.8 Å². The molecule has 28 heavy (non-hydrogen) atoms. The van der Waals surface area contributed by atoms with Crippen LogP contribution in [0.25, 0.3) is 11.0 Å². The maximum atomic E-state index is 13.2. The van der Waals surface area contributed by atoms with E-state index in [1.165, 1.54) is 55.5 Å². The first-order valence-electron chi connectivity index (χ1n) is 8.29. The quantitative estimate of drug-likeness (QED) is 0.691. The zero-order valence-electron chi connectivity index (χ0n) is 14.6. The SMILES string of the molecule is CC(C(=O)NCc1ccc(F)cc1)n1c(=O)c(C(F)(F)F)nc2ccccc21. The fraction of sp³-hybridized carbons (Fsp3) is 0.211. The van der Waals surface area contributed by atoms with Gasteiger partial charge in [0.25, 0.3) is 5.56 Å². The predicted molar refractivity (Wildman–Crippen MR) is 94.0 cm³/mol. The summed E-state index contributed by atoms with van der Waals surface area (Å²) in [6.45, 7) is 1.36. The first-order valence-corrected chi connectivity index (χ1v) is 8.29. The summed E-state index contributed by atoms with van der Waals surface area (Å²) in [5, 5.41) is 2.54. The molecule has 0 aliphatic carbocycles. The highest BCUT2D eigenvalue weighted by molar-refractivity contribution is 5.83. The van der Waals surface area contributed by atoms with E-state index in [1.807, 2.05) is 0 Å². The fourth-order valence-corrected chi connectivity index (χ4v) is 2.78. The second-order valence-electron chi connectivity index (χ2n) is 6.14. The molecule has 9 heteroatoms. The van der Waals surface area contributed by atoms with Crippen LogP contribution in [0.3, 0.4) is 0 Å². The van der Waals surface area contributed by atoms with Gasteiger partial charge in [-0.2, -0.15) is 13.2 Å². The average Bonchev–Trinajstić information content (AvgIpc) is 2.65. The maximum absolute atomic E-state index is 13.2. The number of benzene rings is 2. The number of nitrogens with zero attached hydrogens (tertiary/aromatic N) is 2. The van der Waals surface area contributed by atoms with E-state index in [9.17, 15) is 27.2 Å². The van der Waals surface area contributed by atoms with E-state index in [0.29, 0.717) is 5.56 Å². The number of amides is 1. The molecule has 0 spiro atoms. The Kier molecular flexibility index (Phi) is 5.17. The van der Waals surface area contributed by atoms with Gasteiger partial charge in [-0.1, -0.05) is 24.3 Å². The summed E-state index contributed by atoms with van der Waals surface area (Å²) in [5.41, 5.74) is -2.30. The molecule has 0 saturated heterocycles. The average molecular weight is 393 g/mol. The number of halogens is 4. The summed E-state index contributed by atoms with van der Waals surface area (Å²) in [7, 11) is 0. The molecule has 0 aliphatic rings. The smallest absolute Gasteiger partial charge is 0.350 e. The number of carbonyl (C=O) groups is 1. The Morgan fingerprint density at radius 3 is 2.43 bits per heavy atom. The second-order valence-corrected chi connectivity index (χ2v) is 6.14. The van der Waals surface area contributed by atoms with Crippen LogP contribution in [-0.2, 0) is 17.5 Å². The summed E-state index contributed by atoms with van der Waals surface area (Å²) in [4.78, 5) is 28.4. The fourth-order valence-electron chi connectivity index (χ4n) is 2.78. The first kappa shape index (κ1) is 19.5. The van der Waals surface area contributed by atoms with Crippen LogP contribution in [0.1, 0.15) is 24.2 Å². The molecule has 1 amide bonds. The molecular weight excluding hydrogens is 378 g/mol. The van der Waals surface area contributed by atoms with Gasteiger partial charge in [-0.15, -0.1) is 0 Å². The van der Waals surface area contributed by atoms with Crippen LogP contribution in [0.2, 0.25) is 0 Å². The maximum Gasteiger partial charge on any atom is 0.438 e. The van der Waals surface area contributed by atoms with Crippen molar-refractivity contribution in [2.24, 2.45) is 0 Å². The van der Waals surface area contributed by atoms with E-state index < -0.39 is 35.2 Å². The van der Waals surface area contributed by atoms with Gasteiger partial charge in [0.1, 0.15) is 11.9 Å². The minimum Gasteiger partial charge on any atom is -0.350 e. The van der Waals surface area contributed by atoms with Crippen LogP contribution in [0, 0.1) is 5.82 Å². The molecule has 5 nitrogen and oxygen atoms in total.